The van der Waals surface area contributed by atoms with Crippen molar-refractivity contribution in [2.24, 2.45) is 5.73 Å². The Morgan fingerprint density at radius 3 is 2.41 bits per heavy atom. The van der Waals surface area contributed by atoms with Gasteiger partial charge in [-0.2, -0.15) is 0 Å². The lowest BCUT2D eigenvalue weighted by Crippen LogP contribution is -2.19. The lowest BCUT2D eigenvalue weighted by Gasteiger charge is -2.06. The number of nitrogens with two attached hydrogens (primary N) is 1. The molecule has 0 aliphatic rings. The Balaban J connectivity index is 2.32. The molecule has 3 N–H and O–H groups in total. The minimum absolute atomic E-state index is 0.550. The maximum Gasteiger partial charge on any atom is 0.316 e. The van der Waals surface area contributed by atoms with Crippen molar-refractivity contribution in [1.29, 1.82) is 0 Å². The minimum atomic E-state index is -0.550. The van der Waals surface area contributed by atoms with E-state index in [-0.39, 0.29) is 0 Å². The van der Waals surface area contributed by atoms with Crippen LogP contribution in [0.15, 0.2) is 48.5 Å². The van der Waals surface area contributed by atoms with Gasteiger partial charge < -0.3 is 11.1 Å². The van der Waals surface area contributed by atoms with Gasteiger partial charge in [0.2, 0.25) is 0 Å². The van der Waals surface area contributed by atoms with Gasteiger partial charge in [-0.1, -0.05) is 42.0 Å². The van der Waals surface area contributed by atoms with Crippen molar-refractivity contribution in [2.75, 3.05) is 5.32 Å². The van der Waals surface area contributed by atoms with E-state index < -0.39 is 6.03 Å². The molecule has 0 aromatic heterocycles. The van der Waals surface area contributed by atoms with E-state index in [1.54, 1.807) is 0 Å². The number of rotatable bonds is 2. The van der Waals surface area contributed by atoms with Crippen LogP contribution >= 0.6 is 0 Å². The molecule has 0 heterocycles. The number of hydrogen-bond acceptors (Lipinski definition) is 1. The molecule has 0 saturated heterocycles. The number of primary amides is 1. The third-order valence-corrected chi connectivity index (χ3v) is 2.52. The topological polar surface area (TPSA) is 55.1 Å². The van der Waals surface area contributed by atoms with Crippen LogP contribution in [0.2, 0.25) is 0 Å². The second-order valence-corrected chi connectivity index (χ2v) is 3.94. The SMILES string of the molecule is Cc1ccc(-c2cccc(NC(N)=O)c2)cc1. The van der Waals surface area contributed by atoms with Crippen molar-refractivity contribution in [3.63, 3.8) is 0 Å². The van der Waals surface area contributed by atoms with Crippen molar-refractivity contribution >= 4 is 11.7 Å². The van der Waals surface area contributed by atoms with E-state index in [2.05, 4.69) is 36.5 Å². The number of carbonyl (C=O) groups excluding carboxylic acids is 1. The molecule has 2 aromatic rings. The summed E-state index contributed by atoms with van der Waals surface area (Å²) in [7, 11) is 0. The number of hydrogen-bond donors (Lipinski definition) is 2. The summed E-state index contributed by atoms with van der Waals surface area (Å²) in [5, 5.41) is 2.57. The van der Waals surface area contributed by atoms with Gasteiger partial charge in [-0.15, -0.1) is 0 Å². The van der Waals surface area contributed by atoms with E-state index in [1.165, 1.54) is 5.56 Å². The highest BCUT2D eigenvalue weighted by Crippen LogP contribution is 2.22. The molecule has 0 spiro atoms. The van der Waals surface area contributed by atoms with Crippen LogP contribution in [-0.2, 0) is 0 Å². The Kier molecular flexibility index (Phi) is 3.10. The zero-order valence-corrected chi connectivity index (χ0v) is 9.60. The molecule has 0 atom stereocenters. The van der Waals surface area contributed by atoms with Gasteiger partial charge in [0.1, 0.15) is 0 Å². The van der Waals surface area contributed by atoms with Crippen LogP contribution in [-0.4, -0.2) is 6.03 Å². The zero-order valence-electron chi connectivity index (χ0n) is 9.60. The third-order valence-electron chi connectivity index (χ3n) is 2.52. The molecule has 17 heavy (non-hydrogen) atoms. The van der Waals surface area contributed by atoms with Gasteiger partial charge in [-0.3, -0.25) is 0 Å². The quantitative estimate of drug-likeness (QED) is 0.812. The number of aryl methyl sites for hydroxylation is 1. The third kappa shape index (κ3) is 2.84. The molecule has 0 unspecified atom stereocenters. The average molecular weight is 226 g/mol. The lowest BCUT2D eigenvalue weighted by molar-refractivity contribution is 0.259. The number of anilines is 1. The molecule has 2 aromatic carbocycles. The Labute approximate surface area is 100 Å². The normalized spacial score (nSPS) is 9.94. The molecule has 2 amide bonds. The van der Waals surface area contributed by atoms with Crippen LogP contribution in [0.1, 0.15) is 5.56 Å². The highest BCUT2D eigenvalue weighted by molar-refractivity contribution is 5.88. The zero-order chi connectivity index (χ0) is 12.3. The number of amides is 2. The molecule has 0 bridgehead atoms. The lowest BCUT2D eigenvalue weighted by atomic mass is 10.0. The number of nitrogens with one attached hydrogen (secondary N) is 1. The first-order valence-electron chi connectivity index (χ1n) is 5.39. The van der Waals surface area contributed by atoms with Gasteiger partial charge >= 0.3 is 6.03 Å². The second-order valence-electron chi connectivity index (χ2n) is 3.94. The first-order valence-corrected chi connectivity index (χ1v) is 5.39. The molecule has 0 saturated carbocycles. The summed E-state index contributed by atoms with van der Waals surface area (Å²) in [5.41, 5.74) is 9.18. The number of urea groups is 1. The summed E-state index contributed by atoms with van der Waals surface area (Å²) >= 11 is 0. The van der Waals surface area contributed by atoms with Gasteiger partial charge in [0.15, 0.2) is 0 Å². The maximum atomic E-state index is 10.8. The van der Waals surface area contributed by atoms with Crippen molar-refractivity contribution in [3.05, 3.63) is 54.1 Å². The minimum Gasteiger partial charge on any atom is -0.351 e. The van der Waals surface area contributed by atoms with Crippen LogP contribution in [0.5, 0.6) is 0 Å². The Bertz CT molecular complexity index is 532. The largest absolute Gasteiger partial charge is 0.351 e. The Hall–Kier alpha value is -2.29. The van der Waals surface area contributed by atoms with Crippen LogP contribution in [0, 0.1) is 6.92 Å². The summed E-state index contributed by atoms with van der Waals surface area (Å²) in [6.45, 7) is 2.05. The fourth-order valence-electron chi connectivity index (χ4n) is 1.66. The average Bonchev–Trinajstić information content (AvgIpc) is 2.29. The van der Waals surface area contributed by atoms with Crippen molar-refractivity contribution in [3.8, 4) is 11.1 Å². The van der Waals surface area contributed by atoms with Gasteiger partial charge in [-0.25, -0.2) is 4.79 Å². The van der Waals surface area contributed by atoms with Crippen molar-refractivity contribution in [1.82, 2.24) is 0 Å². The van der Waals surface area contributed by atoms with Crippen LogP contribution in [0.25, 0.3) is 11.1 Å². The standard InChI is InChI=1S/C14H14N2O/c1-10-5-7-11(8-6-10)12-3-2-4-13(9-12)16-14(15)17/h2-9H,1H3,(H3,15,16,17). The molecular weight excluding hydrogens is 212 g/mol. The van der Waals surface area contributed by atoms with Crippen molar-refractivity contribution < 1.29 is 4.79 Å². The monoisotopic (exact) mass is 226 g/mol. The van der Waals surface area contributed by atoms with Crippen LogP contribution in [0.3, 0.4) is 0 Å². The highest BCUT2D eigenvalue weighted by atomic mass is 16.2. The molecular formula is C14H14N2O. The molecule has 2 rings (SSSR count). The second kappa shape index (κ2) is 4.70. The van der Waals surface area contributed by atoms with E-state index >= 15 is 0 Å². The number of carbonyl (C=O) groups is 1. The van der Waals surface area contributed by atoms with Gasteiger partial charge in [0.05, 0.1) is 0 Å². The van der Waals surface area contributed by atoms with E-state index in [4.69, 9.17) is 5.73 Å². The predicted molar refractivity (Wildman–Crippen MR) is 69.8 cm³/mol. The Morgan fingerprint density at radius 1 is 1.06 bits per heavy atom. The van der Waals surface area contributed by atoms with E-state index in [1.807, 2.05) is 24.3 Å². The summed E-state index contributed by atoms with van der Waals surface area (Å²) < 4.78 is 0. The summed E-state index contributed by atoms with van der Waals surface area (Å²) in [6.07, 6.45) is 0. The fraction of sp³-hybridized carbons (Fsp3) is 0.0714. The highest BCUT2D eigenvalue weighted by Gasteiger charge is 2.00. The van der Waals surface area contributed by atoms with Crippen LogP contribution < -0.4 is 11.1 Å². The summed E-state index contributed by atoms with van der Waals surface area (Å²) in [5.74, 6) is 0. The first kappa shape index (κ1) is 11.2. The predicted octanol–water partition coefficient (Wildman–Crippen LogP) is 3.15. The molecule has 0 fully saturated rings. The van der Waals surface area contributed by atoms with E-state index in [9.17, 15) is 4.79 Å². The van der Waals surface area contributed by atoms with Gasteiger partial charge in [0.25, 0.3) is 0 Å². The van der Waals surface area contributed by atoms with Gasteiger partial charge in [-0.05, 0) is 30.2 Å². The van der Waals surface area contributed by atoms with E-state index in [0.717, 1.165) is 11.1 Å². The molecule has 0 aliphatic carbocycles. The van der Waals surface area contributed by atoms with E-state index in [0.29, 0.717) is 5.69 Å². The smallest absolute Gasteiger partial charge is 0.316 e. The van der Waals surface area contributed by atoms with Crippen LogP contribution in [0.4, 0.5) is 10.5 Å². The molecule has 3 nitrogen and oxygen atoms in total. The van der Waals surface area contributed by atoms with Crippen molar-refractivity contribution in [2.45, 2.75) is 6.92 Å². The molecule has 0 radical (unpaired) electrons. The summed E-state index contributed by atoms with van der Waals surface area (Å²) in [4.78, 5) is 10.8. The molecule has 86 valence electrons. The first-order chi connectivity index (χ1) is 8.15. The Morgan fingerprint density at radius 2 is 1.76 bits per heavy atom. The molecule has 0 aliphatic heterocycles. The maximum absolute atomic E-state index is 10.8. The summed E-state index contributed by atoms with van der Waals surface area (Å²) in [6, 6.07) is 15.3. The van der Waals surface area contributed by atoms with Gasteiger partial charge in [0, 0.05) is 5.69 Å². The molecule has 3 heteroatoms. The number of benzene rings is 2. The fourth-order valence-corrected chi connectivity index (χ4v) is 1.66.